The molecule has 2 aliphatic rings. The summed E-state index contributed by atoms with van der Waals surface area (Å²) in [6, 6.07) is 0.266. The number of nitrogens with zero attached hydrogens (tertiary/aromatic N) is 2. The molecule has 1 aliphatic heterocycles. The Morgan fingerprint density at radius 1 is 1.12 bits per heavy atom. The zero-order valence-electron chi connectivity index (χ0n) is 14.4. The van der Waals surface area contributed by atoms with Crippen LogP contribution in [0.4, 0.5) is 0 Å². The maximum Gasteiger partial charge on any atom is 0.320 e. The molecule has 0 aromatic carbocycles. The molecule has 1 saturated carbocycles. The van der Waals surface area contributed by atoms with E-state index >= 15 is 0 Å². The first-order valence-electron chi connectivity index (χ1n) is 8.79. The van der Waals surface area contributed by atoms with Crippen molar-refractivity contribution in [3.8, 4) is 0 Å². The van der Waals surface area contributed by atoms with Gasteiger partial charge in [0.2, 0.25) is 0 Å². The molecule has 7 nitrogen and oxygen atoms in total. The van der Waals surface area contributed by atoms with Gasteiger partial charge >= 0.3 is 5.97 Å². The summed E-state index contributed by atoms with van der Waals surface area (Å²) in [5.74, 6) is -0.462. The summed E-state index contributed by atoms with van der Waals surface area (Å²) in [6.45, 7) is 3.07. The number of carbonyl (C=O) groups excluding carboxylic acids is 2. The number of esters is 1. The summed E-state index contributed by atoms with van der Waals surface area (Å²) in [7, 11) is -2.96. The van der Waals surface area contributed by atoms with Crippen molar-refractivity contribution in [2.75, 3.05) is 44.3 Å². The fourth-order valence-corrected chi connectivity index (χ4v) is 4.67. The Bertz CT molecular complexity index is 529. The second-order valence-corrected chi connectivity index (χ2v) is 8.86. The van der Waals surface area contributed by atoms with E-state index in [2.05, 4.69) is 0 Å². The third-order valence-electron chi connectivity index (χ3n) is 4.82. The highest BCUT2D eigenvalue weighted by Crippen LogP contribution is 2.22. The van der Waals surface area contributed by atoms with Gasteiger partial charge in [-0.25, -0.2) is 8.42 Å². The van der Waals surface area contributed by atoms with Crippen molar-refractivity contribution in [2.24, 2.45) is 0 Å². The predicted octanol–water partition coefficient (Wildman–Crippen LogP) is 0.441. The van der Waals surface area contributed by atoms with Crippen LogP contribution in [0, 0.1) is 0 Å². The highest BCUT2D eigenvalue weighted by atomic mass is 32.2. The molecule has 1 heterocycles. The zero-order chi connectivity index (χ0) is 17.6. The van der Waals surface area contributed by atoms with E-state index in [-0.39, 0.29) is 36.6 Å². The average molecular weight is 360 g/mol. The Hall–Kier alpha value is -1.15. The molecule has 138 valence electrons. The van der Waals surface area contributed by atoms with Gasteiger partial charge in [0.25, 0.3) is 5.91 Å². The molecular formula is C16H28N2O5S. The molecule has 0 atom stereocenters. The number of hydrogen-bond donors (Lipinski definition) is 0. The number of likely N-dealkylation sites (N-methyl/N-ethyl adjacent to an activating group) is 1. The van der Waals surface area contributed by atoms with Crippen LogP contribution in [0.1, 0.15) is 39.0 Å². The SMILES string of the molecule is CCN(C(=O)COC(=O)CN1CCS(=O)(=O)CC1)C1CCCCC1. The normalized spacial score (nSPS) is 22.0. The van der Waals surface area contributed by atoms with Gasteiger partial charge in [0.05, 0.1) is 18.1 Å². The summed E-state index contributed by atoms with van der Waals surface area (Å²) in [6.07, 6.45) is 5.56. The lowest BCUT2D eigenvalue weighted by Gasteiger charge is -2.33. The van der Waals surface area contributed by atoms with Crippen LogP contribution in [-0.4, -0.2) is 80.4 Å². The van der Waals surface area contributed by atoms with E-state index in [1.165, 1.54) is 6.42 Å². The van der Waals surface area contributed by atoms with Crippen LogP contribution in [0.5, 0.6) is 0 Å². The van der Waals surface area contributed by atoms with Gasteiger partial charge in [-0.1, -0.05) is 19.3 Å². The molecule has 0 spiro atoms. The third-order valence-corrected chi connectivity index (χ3v) is 6.43. The minimum atomic E-state index is -2.96. The van der Waals surface area contributed by atoms with Crippen LogP contribution in [0.2, 0.25) is 0 Å². The Labute approximate surface area is 144 Å². The number of rotatable bonds is 6. The van der Waals surface area contributed by atoms with Crippen molar-refractivity contribution in [2.45, 2.75) is 45.1 Å². The molecule has 0 aromatic heterocycles. The quantitative estimate of drug-likeness (QED) is 0.639. The Balaban J connectivity index is 1.73. The van der Waals surface area contributed by atoms with Gasteiger partial charge in [-0.2, -0.15) is 0 Å². The van der Waals surface area contributed by atoms with E-state index in [9.17, 15) is 18.0 Å². The van der Waals surface area contributed by atoms with Gasteiger partial charge in [-0.3, -0.25) is 14.5 Å². The first-order valence-corrected chi connectivity index (χ1v) is 10.6. The maximum atomic E-state index is 12.3. The minimum absolute atomic E-state index is 0.0400. The van der Waals surface area contributed by atoms with Gasteiger partial charge in [-0.15, -0.1) is 0 Å². The minimum Gasteiger partial charge on any atom is -0.455 e. The standard InChI is InChI=1S/C16H28N2O5S/c1-2-18(14-6-4-3-5-7-14)15(19)13-23-16(20)12-17-8-10-24(21,22)11-9-17/h14H,2-13H2,1H3. The molecule has 1 saturated heterocycles. The number of sulfone groups is 1. The number of carbonyl (C=O) groups is 2. The fourth-order valence-electron chi connectivity index (χ4n) is 3.39. The summed E-state index contributed by atoms with van der Waals surface area (Å²) in [5, 5.41) is 0. The van der Waals surface area contributed by atoms with Crippen molar-refractivity contribution < 1.29 is 22.7 Å². The first-order chi connectivity index (χ1) is 11.4. The van der Waals surface area contributed by atoms with Crippen LogP contribution >= 0.6 is 0 Å². The smallest absolute Gasteiger partial charge is 0.320 e. The lowest BCUT2D eigenvalue weighted by Crippen LogP contribution is -2.45. The largest absolute Gasteiger partial charge is 0.455 e. The van der Waals surface area contributed by atoms with Crippen molar-refractivity contribution in [1.82, 2.24) is 9.80 Å². The molecule has 2 rings (SSSR count). The van der Waals surface area contributed by atoms with Crippen molar-refractivity contribution >= 4 is 21.7 Å². The molecule has 1 aliphatic carbocycles. The van der Waals surface area contributed by atoms with Gasteiger partial charge in [0.15, 0.2) is 16.4 Å². The van der Waals surface area contributed by atoms with Crippen LogP contribution in [0.15, 0.2) is 0 Å². The van der Waals surface area contributed by atoms with E-state index in [1.54, 1.807) is 4.90 Å². The van der Waals surface area contributed by atoms with Gasteiger partial charge in [0, 0.05) is 25.7 Å². The van der Waals surface area contributed by atoms with Crippen LogP contribution in [0.3, 0.4) is 0 Å². The number of ether oxygens (including phenoxy) is 1. The van der Waals surface area contributed by atoms with E-state index in [0.29, 0.717) is 19.6 Å². The van der Waals surface area contributed by atoms with E-state index in [0.717, 1.165) is 25.7 Å². The monoisotopic (exact) mass is 360 g/mol. The van der Waals surface area contributed by atoms with Crippen molar-refractivity contribution in [1.29, 1.82) is 0 Å². The molecule has 0 radical (unpaired) electrons. The molecule has 0 N–H and O–H groups in total. The fraction of sp³-hybridized carbons (Fsp3) is 0.875. The van der Waals surface area contributed by atoms with Crippen molar-refractivity contribution in [3.63, 3.8) is 0 Å². The number of amides is 1. The topological polar surface area (TPSA) is 84.0 Å². The van der Waals surface area contributed by atoms with Crippen LogP contribution in [0.25, 0.3) is 0 Å². The molecule has 0 unspecified atom stereocenters. The molecule has 24 heavy (non-hydrogen) atoms. The lowest BCUT2D eigenvalue weighted by molar-refractivity contribution is -0.154. The molecular weight excluding hydrogens is 332 g/mol. The summed E-state index contributed by atoms with van der Waals surface area (Å²) < 4.78 is 27.8. The lowest BCUT2D eigenvalue weighted by atomic mass is 9.94. The molecule has 2 fully saturated rings. The Morgan fingerprint density at radius 3 is 2.33 bits per heavy atom. The van der Waals surface area contributed by atoms with Gasteiger partial charge < -0.3 is 9.64 Å². The number of hydrogen-bond acceptors (Lipinski definition) is 6. The van der Waals surface area contributed by atoms with Crippen LogP contribution in [-0.2, 0) is 24.2 Å². The summed E-state index contributed by atoms with van der Waals surface area (Å²) >= 11 is 0. The molecule has 0 aromatic rings. The Morgan fingerprint density at radius 2 is 1.75 bits per heavy atom. The Kier molecular flexibility index (Phi) is 7.03. The summed E-state index contributed by atoms with van der Waals surface area (Å²) in [4.78, 5) is 27.8. The summed E-state index contributed by atoms with van der Waals surface area (Å²) in [5.41, 5.74) is 0. The molecule has 8 heteroatoms. The highest BCUT2D eigenvalue weighted by molar-refractivity contribution is 7.91. The van der Waals surface area contributed by atoms with E-state index < -0.39 is 15.8 Å². The third kappa shape index (κ3) is 5.73. The predicted molar refractivity (Wildman–Crippen MR) is 90.3 cm³/mol. The van der Waals surface area contributed by atoms with Gasteiger partial charge in [-0.05, 0) is 19.8 Å². The molecule has 0 bridgehead atoms. The zero-order valence-corrected chi connectivity index (χ0v) is 15.2. The average Bonchev–Trinajstić information content (AvgIpc) is 2.57. The first kappa shape index (κ1) is 19.2. The van der Waals surface area contributed by atoms with Crippen LogP contribution < -0.4 is 0 Å². The molecule has 1 amide bonds. The second kappa shape index (κ2) is 8.80. The highest BCUT2D eigenvalue weighted by Gasteiger charge is 2.26. The van der Waals surface area contributed by atoms with E-state index in [1.807, 2.05) is 11.8 Å². The second-order valence-electron chi connectivity index (χ2n) is 6.56. The van der Waals surface area contributed by atoms with Crippen molar-refractivity contribution in [3.05, 3.63) is 0 Å². The maximum absolute atomic E-state index is 12.3. The van der Waals surface area contributed by atoms with Gasteiger partial charge in [0.1, 0.15) is 0 Å². The van der Waals surface area contributed by atoms with E-state index in [4.69, 9.17) is 4.74 Å².